The lowest BCUT2D eigenvalue weighted by Gasteiger charge is -2.39. The van der Waals surface area contributed by atoms with Crippen molar-refractivity contribution in [3.63, 3.8) is 0 Å². The largest absolute Gasteiger partial charge is 0.380 e. The lowest BCUT2D eigenvalue weighted by atomic mass is 9.75. The Bertz CT molecular complexity index is 397. The van der Waals surface area contributed by atoms with Gasteiger partial charge >= 0.3 is 0 Å². The van der Waals surface area contributed by atoms with Gasteiger partial charge in [-0.3, -0.25) is 0 Å². The average molecular weight is 249 g/mol. The standard InChI is InChI=1S/C15H20FNO/c16-15-6-2-1-5-14(15)11-8-13(9-11)17-12-4-3-7-18-10-12/h1-2,5-6,11-13,17H,3-4,7-10H2. The fourth-order valence-electron chi connectivity index (χ4n) is 3.02. The Morgan fingerprint density at radius 1 is 1.17 bits per heavy atom. The molecule has 3 heteroatoms. The topological polar surface area (TPSA) is 21.3 Å². The Balaban J connectivity index is 1.49. The molecule has 2 aliphatic rings. The van der Waals surface area contributed by atoms with Crippen molar-refractivity contribution in [3.05, 3.63) is 35.6 Å². The van der Waals surface area contributed by atoms with Crippen molar-refractivity contribution in [1.29, 1.82) is 0 Å². The summed E-state index contributed by atoms with van der Waals surface area (Å²) in [6.07, 6.45) is 4.47. The van der Waals surface area contributed by atoms with Crippen molar-refractivity contribution in [2.45, 2.75) is 43.7 Å². The quantitative estimate of drug-likeness (QED) is 0.889. The van der Waals surface area contributed by atoms with Crippen LogP contribution in [-0.2, 0) is 4.74 Å². The fraction of sp³-hybridized carbons (Fsp3) is 0.600. The maximum atomic E-state index is 13.6. The minimum Gasteiger partial charge on any atom is -0.380 e. The van der Waals surface area contributed by atoms with Gasteiger partial charge in [-0.1, -0.05) is 18.2 Å². The molecule has 2 fully saturated rings. The molecule has 2 nitrogen and oxygen atoms in total. The molecule has 1 N–H and O–H groups in total. The molecule has 1 heterocycles. The third kappa shape index (κ3) is 2.57. The zero-order valence-corrected chi connectivity index (χ0v) is 10.6. The highest BCUT2D eigenvalue weighted by Gasteiger charge is 2.33. The molecule has 3 rings (SSSR count). The van der Waals surface area contributed by atoms with Gasteiger partial charge in [0.2, 0.25) is 0 Å². The van der Waals surface area contributed by atoms with Gasteiger partial charge in [-0.2, -0.15) is 0 Å². The molecule has 98 valence electrons. The minimum absolute atomic E-state index is 0.0538. The van der Waals surface area contributed by atoms with Crippen LogP contribution in [-0.4, -0.2) is 25.3 Å². The summed E-state index contributed by atoms with van der Waals surface area (Å²) in [5.41, 5.74) is 0.885. The van der Waals surface area contributed by atoms with Crippen LogP contribution in [0, 0.1) is 5.82 Å². The van der Waals surface area contributed by atoms with Crippen molar-refractivity contribution in [3.8, 4) is 0 Å². The van der Waals surface area contributed by atoms with Crippen LogP contribution >= 0.6 is 0 Å². The molecule has 1 aromatic rings. The molecule has 18 heavy (non-hydrogen) atoms. The van der Waals surface area contributed by atoms with E-state index in [1.165, 1.54) is 6.42 Å². The molecular weight excluding hydrogens is 229 g/mol. The van der Waals surface area contributed by atoms with Gasteiger partial charge in [0.15, 0.2) is 0 Å². The highest BCUT2D eigenvalue weighted by Crippen LogP contribution is 2.38. The summed E-state index contributed by atoms with van der Waals surface area (Å²) >= 11 is 0. The first-order valence-corrected chi connectivity index (χ1v) is 6.91. The van der Waals surface area contributed by atoms with E-state index in [0.29, 0.717) is 18.0 Å². The Morgan fingerprint density at radius 3 is 2.72 bits per heavy atom. The van der Waals surface area contributed by atoms with Gasteiger partial charge in [-0.15, -0.1) is 0 Å². The van der Waals surface area contributed by atoms with E-state index < -0.39 is 0 Å². The number of halogens is 1. The molecule has 1 aliphatic heterocycles. The highest BCUT2D eigenvalue weighted by atomic mass is 19.1. The molecule has 0 spiro atoms. The van der Waals surface area contributed by atoms with E-state index in [2.05, 4.69) is 5.32 Å². The SMILES string of the molecule is Fc1ccccc1C1CC(NC2CCCOC2)C1. The van der Waals surface area contributed by atoms with Gasteiger partial charge in [-0.05, 0) is 43.2 Å². The molecule has 1 saturated carbocycles. The zero-order chi connectivity index (χ0) is 12.4. The molecule has 1 saturated heterocycles. The summed E-state index contributed by atoms with van der Waals surface area (Å²) < 4.78 is 19.1. The highest BCUT2D eigenvalue weighted by molar-refractivity contribution is 5.24. The Morgan fingerprint density at radius 2 is 2.00 bits per heavy atom. The Labute approximate surface area is 108 Å². The van der Waals surface area contributed by atoms with Gasteiger partial charge in [0.05, 0.1) is 6.61 Å². The Kier molecular flexibility index (Phi) is 3.62. The van der Waals surface area contributed by atoms with Gasteiger partial charge in [0.25, 0.3) is 0 Å². The first kappa shape index (κ1) is 12.1. The lowest BCUT2D eigenvalue weighted by Crippen LogP contribution is -2.48. The maximum Gasteiger partial charge on any atom is 0.126 e. The van der Waals surface area contributed by atoms with E-state index >= 15 is 0 Å². The van der Waals surface area contributed by atoms with E-state index in [-0.39, 0.29) is 5.82 Å². The van der Waals surface area contributed by atoms with E-state index in [0.717, 1.165) is 38.0 Å². The van der Waals surface area contributed by atoms with E-state index in [4.69, 9.17) is 4.74 Å². The van der Waals surface area contributed by atoms with Gasteiger partial charge in [0.1, 0.15) is 5.82 Å². The number of rotatable bonds is 3. The van der Waals surface area contributed by atoms with Gasteiger partial charge in [0, 0.05) is 18.7 Å². The van der Waals surface area contributed by atoms with E-state index in [9.17, 15) is 4.39 Å². The number of nitrogens with one attached hydrogen (secondary N) is 1. The molecular formula is C15H20FNO. The van der Waals surface area contributed by atoms with Crippen LogP contribution in [0.3, 0.4) is 0 Å². The second-order valence-electron chi connectivity index (χ2n) is 5.47. The van der Waals surface area contributed by atoms with Gasteiger partial charge < -0.3 is 10.1 Å². The van der Waals surface area contributed by atoms with Crippen LogP contribution in [0.15, 0.2) is 24.3 Å². The van der Waals surface area contributed by atoms with Gasteiger partial charge in [-0.25, -0.2) is 4.39 Å². The number of benzene rings is 1. The summed E-state index contributed by atoms with van der Waals surface area (Å²) in [6.45, 7) is 1.74. The van der Waals surface area contributed by atoms with Crippen LogP contribution in [0.2, 0.25) is 0 Å². The molecule has 1 aliphatic carbocycles. The molecule has 1 atom stereocenters. The smallest absolute Gasteiger partial charge is 0.126 e. The van der Waals surface area contributed by atoms with Crippen molar-refractivity contribution < 1.29 is 9.13 Å². The van der Waals surface area contributed by atoms with Crippen molar-refractivity contribution in [1.82, 2.24) is 5.32 Å². The molecule has 0 radical (unpaired) electrons. The first-order valence-electron chi connectivity index (χ1n) is 6.91. The maximum absolute atomic E-state index is 13.6. The predicted molar refractivity (Wildman–Crippen MR) is 69.1 cm³/mol. The second-order valence-corrected chi connectivity index (χ2v) is 5.47. The number of ether oxygens (including phenoxy) is 1. The molecule has 0 amide bonds. The minimum atomic E-state index is -0.0538. The van der Waals surface area contributed by atoms with Crippen LogP contribution in [0.1, 0.15) is 37.2 Å². The molecule has 0 aromatic heterocycles. The third-order valence-corrected chi connectivity index (χ3v) is 4.11. The summed E-state index contributed by atoms with van der Waals surface area (Å²) in [5, 5.41) is 3.63. The van der Waals surface area contributed by atoms with E-state index in [1.807, 2.05) is 12.1 Å². The predicted octanol–water partition coefficient (Wildman–Crippen LogP) is 2.84. The fourth-order valence-corrected chi connectivity index (χ4v) is 3.02. The van der Waals surface area contributed by atoms with E-state index in [1.54, 1.807) is 12.1 Å². The van der Waals surface area contributed by atoms with Crippen molar-refractivity contribution in [2.75, 3.05) is 13.2 Å². The average Bonchev–Trinajstić information content (AvgIpc) is 2.36. The third-order valence-electron chi connectivity index (χ3n) is 4.11. The molecule has 1 unspecified atom stereocenters. The van der Waals surface area contributed by atoms with Crippen molar-refractivity contribution >= 4 is 0 Å². The van der Waals surface area contributed by atoms with Crippen LogP contribution in [0.25, 0.3) is 0 Å². The number of hydrogen-bond donors (Lipinski definition) is 1. The molecule has 1 aromatic carbocycles. The summed E-state index contributed by atoms with van der Waals surface area (Å²) in [6, 6.07) is 8.21. The van der Waals surface area contributed by atoms with Crippen molar-refractivity contribution in [2.24, 2.45) is 0 Å². The first-order chi connectivity index (χ1) is 8.83. The second kappa shape index (κ2) is 5.37. The number of hydrogen-bond acceptors (Lipinski definition) is 2. The van der Waals surface area contributed by atoms with Crippen LogP contribution in [0.4, 0.5) is 4.39 Å². The van der Waals surface area contributed by atoms with Crippen LogP contribution < -0.4 is 5.32 Å². The zero-order valence-electron chi connectivity index (χ0n) is 10.6. The summed E-state index contributed by atoms with van der Waals surface area (Å²) in [5.74, 6) is 0.343. The summed E-state index contributed by atoms with van der Waals surface area (Å²) in [7, 11) is 0. The van der Waals surface area contributed by atoms with Crippen LogP contribution in [0.5, 0.6) is 0 Å². The Hall–Kier alpha value is -0.930. The summed E-state index contributed by atoms with van der Waals surface area (Å²) in [4.78, 5) is 0. The normalized spacial score (nSPS) is 31.9. The monoisotopic (exact) mass is 249 g/mol. The lowest BCUT2D eigenvalue weighted by molar-refractivity contribution is 0.0599. The molecule has 0 bridgehead atoms.